The summed E-state index contributed by atoms with van der Waals surface area (Å²) in [6.45, 7) is 6.65. The molecule has 3 heteroatoms. The number of hydrogen-bond acceptors (Lipinski definition) is 3. The number of hydrogen-bond donors (Lipinski definition) is 1. The normalized spacial score (nSPS) is 13.7. The van der Waals surface area contributed by atoms with Crippen molar-refractivity contribution in [3.05, 3.63) is 59.0 Å². The van der Waals surface area contributed by atoms with E-state index < -0.39 is 0 Å². The zero-order valence-electron chi connectivity index (χ0n) is 12.2. The molecule has 3 nitrogen and oxygen atoms in total. The van der Waals surface area contributed by atoms with Crippen LogP contribution >= 0.6 is 0 Å². The van der Waals surface area contributed by atoms with Gasteiger partial charge in [0.1, 0.15) is 11.5 Å². The molecule has 2 aromatic rings. The SMILES string of the molecule is Cc1cc(C(C)NCC(C#N)c2ccccc2)c(C)o1. The van der Waals surface area contributed by atoms with E-state index in [4.69, 9.17) is 4.42 Å². The van der Waals surface area contributed by atoms with E-state index in [2.05, 4.69) is 24.4 Å². The average Bonchev–Trinajstić information content (AvgIpc) is 2.79. The van der Waals surface area contributed by atoms with Gasteiger partial charge in [0, 0.05) is 18.2 Å². The summed E-state index contributed by atoms with van der Waals surface area (Å²) >= 11 is 0. The number of nitrogens with one attached hydrogen (secondary N) is 1. The Morgan fingerprint density at radius 3 is 2.50 bits per heavy atom. The molecule has 0 saturated heterocycles. The zero-order valence-corrected chi connectivity index (χ0v) is 12.2. The van der Waals surface area contributed by atoms with Crippen LogP contribution in [0.5, 0.6) is 0 Å². The molecule has 0 radical (unpaired) electrons. The first kappa shape index (κ1) is 14.4. The van der Waals surface area contributed by atoms with Crippen molar-refractivity contribution in [2.45, 2.75) is 32.7 Å². The van der Waals surface area contributed by atoms with Crippen LogP contribution in [-0.4, -0.2) is 6.54 Å². The second-order valence-corrected chi connectivity index (χ2v) is 5.09. The lowest BCUT2D eigenvalue weighted by molar-refractivity contribution is 0.488. The summed E-state index contributed by atoms with van der Waals surface area (Å²) in [7, 11) is 0. The van der Waals surface area contributed by atoms with E-state index >= 15 is 0 Å². The number of nitrogens with zero attached hydrogens (tertiary/aromatic N) is 1. The topological polar surface area (TPSA) is 49.0 Å². The lowest BCUT2D eigenvalue weighted by Gasteiger charge is -2.16. The lowest BCUT2D eigenvalue weighted by Crippen LogP contribution is -2.24. The zero-order chi connectivity index (χ0) is 14.5. The van der Waals surface area contributed by atoms with Crippen LogP contribution in [0.1, 0.15) is 41.5 Å². The van der Waals surface area contributed by atoms with Gasteiger partial charge >= 0.3 is 0 Å². The number of furan rings is 1. The predicted molar refractivity (Wildman–Crippen MR) is 79.4 cm³/mol. The molecule has 0 amide bonds. The van der Waals surface area contributed by atoms with Crippen LogP contribution in [0.2, 0.25) is 0 Å². The minimum absolute atomic E-state index is 0.132. The van der Waals surface area contributed by atoms with Crippen molar-refractivity contribution in [1.29, 1.82) is 5.26 Å². The number of aryl methyl sites for hydroxylation is 2. The van der Waals surface area contributed by atoms with E-state index in [0.29, 0.717) is 6.54 Å². The van der Waals surface area contributed by atoms with Crippen LogP contribution in [0, 0.1) is 25.2 Å². The second kappa shape index (κ2) is 6.40. The molecule has 1 N–H and O–H groups in total. The maximum Gasteiger partial charge on any atom is 0.105 e. The van der Waals surface area contributed by atoms with Gasteiger partial charge in [-0.25, -0.2) is 0 Å². The molecule has 2 unspecified atom stereocenters. The third-order valence-electron chi connectivity index (χ3n) is 3.53. The van der Waals surface area contributed by atoms with Crippen LogP contribution in [0.25, 0.3) is 0 Å². The Hall–Kier alpha value is -2.05. The molecular formula is C17H20N2O. The van der Waals surface area contributed by atoms with E-state index in [1.54, 1.807) is 0 Å². The molecule has 1 aromatic heterocycles. The first-order chi connectivity index (χ1) is 9.61. The van der Waals surface area contributed by atoms with Crippen molar-refractivity contribution >= 4 is 0 Å². The Bertz CT molecular complexity index is 595. The fraction of sp³-hybridized carbons (Fsp3) is 0.353. The maximum atomic E-state index is 9.31. The molecule has 2 atom stereocenters. The predicted octanol–water partition coefficient (Wildman–Crippen LogP) is 3.85. The Balaban J connectivity index is 2.01. The average molecular weight is 268 g/mol. The van der Waals surface area contributed by atoms with Gasteiger partial charge in [-0.2, -0.15) is 5.26 Å². The monoisotopic (exact) mass is 268 g/mol. The van der Waals surface area contributed by atoms with Gasteiger partial charge in [-0.05, 0) is 32.4 Å². The van der Waals surface area contributed by atoms with Crippen LogP contribution < -0.4 is 5.32 Å². The highest BCUT2D eigenvalue weighted by atomic mass is 16.3. The fourth-order valence-electron chi connectivity index (χ4n) is 2.41. The van der Waals surface area contributed by atoms with Gasteiger partial charge in [0.2, 0.25) is 0 Å². The molecule has 0 bridgehead atoms. The first-order valence-electron chi connectivity index (χ1n) is 6.86. The Kier molecular flexibility index (Phi) is 4.60. The van der Waals surface area contributed by atoms with Gasteiger partial charge in [-0.1, -0.05) is 30.3 Å². The van der Waals surface area contributed by atoms with E-state index in [0.717, 1.165) is 22.6 Å². The smallest absolute Gasteiger partial charge is 0.105 e. The van der Waals surface area contributed by atoms with E-state index in [1.165, 1.54) is 0 Å². The summed E-state index contributed by atoms with van der Waals surface area (Å²) < 4.78 is 5.55. The molecule has 0 fully saturated rings. The minimum Gasteiger partial charge on any atom is -0.466 e. The quantitative estimate of drug-likeness (QED) is 0.896. The number of rotatable bonds is 5. The molecule has 2 rings (SSSR count). The van der Waals surface area contributed by atoms with Gasteiger partial charge < -0.3 is 9.73 Å². The summed E-state index contributed by atoms with van der Waals surface area (Å²) in [6, 6.07) is 14.5. The highest BCUT2D eigenvalue weighted by Gasteiger charge is 2.15. The number of benzene rings is 1. The summed E-state index contributed by atoms with van der Waals surface area (Å²) in [4.78, 5) is 0. The first-order valence-corrected chi connectivity index (χ1v) is 6.86. The van der Waals surface area contributed by atoms with E-state index in [9.17, 15) is 5.26 Å². The Morgan fingerprint density at radius 1 is 1.25 bits per heavy atom. The molecule has 0 saturated carbocycles. The van der Waals surface area contributed by atoms with Gasteiger partial charge in [0.05, 0.1) is 12.0 Å². The van der Waals surface area contributed by atoms with Crippen molar-refractivity contribution in [1.82, 2.24) is 5.32 Å². The maximum absolute atomic E-state index is 9.31. The fourth-order valence-corrected chi connectivity index (χ4v) is 2.41. The van der Waals surface area contributed by atoms with Gasteiger partial charge in [-0.3, -0.25) is 0 Å². The summed E-state index contributed by atoms with van der Waals surface area (Å²) in [5, 5.41) is 12.7. The van der Waals surface area contributed by atoms with Crippen LogP contribution in [0.4, 0.5) is 0 Å². The van der Waals surface area contributed by atoms with E-state index in [1.807, 2.05) is 44.2 Å². The van der Waals surface area contributed by atoms with Crippen LogP contribution in [-0.2, 0) is 0 Å². The molecule has 0 aliphatic rings. The molecule has 1 aromatic carbocycles. The number of nitriles is 1. The van der Waals surface area contributed by atoms with Crippen molar-refractivity contribution in [2.75, 3.05) is 6.54 Å². The summed E-state index contributed by atoms with van der Waals surface area (Å²) in [6.07, 6.45) is 0. The van der Waals surface area contributed by atoms with Crippen molar-refractivity contribution in [3.8, 4) is 6.07 Å². The lowest BCUT2D eigenvalue weighted by atomic mass is 10.00. The summed E-state index contributed by atoms with van der Waals surface area (Å²) in [5.41, 5.74) is 2.21. The third-order valence-corrected chi connectivity index (χ3v) is 3.53. The highest BCUT2D eigenvalue weighted by molar-refractivity contribution is 5.26. The molecule has 0 aliphatic carbocycles. The molecule has 20 heavy (non-hydrogen) atoms. The van der Waals surface area contributed by atoms with Gasteiger partial charge in [-0.15, -0.1) is 0 Å². The summed E-state index contributed by atoms with van der Waals surface area (Å²) in [5.74, 6) is 1.73. The second-order valence-electron chi connectivity index (χ2n) is 5.09. The van der Waals surface area contributed by atoms with Crippen molar-refractivity contribution in [2.24, 2.45) is 0 Å². The van der Waals surface area contributed by atoms with Gasteiger partial charge in [0.25, 0.3) is 0 Å². The van der Waals surface area contributed by atoms with Gasteiger partial charge in [0.15, 0.2) is 0 Å². The minimum atomic E-state index is -0.132. The molecule has 1 heterocycles. The standard InChI is InChI=1S/C17H20N2O/c1-12-9-17(14(3)20-12)13(2)19-11-16(10-18)15-7-5-4-6-8-15/h4-9,13,16,19H,11H2,1-3H3. The van der Waals surface area contributed by atoms with Crippen molar-refractivity contribution < 1.29 is 4.42 Å². The van der Waals surface area contributed by atoms with Crippen LogP contribution in [0.15, 0.2) is 40.8 Å². The highest BCUT2D eigenvalue weighted by Crippen LogP contribution is 2.22. The van der Waals surface area contributed by atoms with Crippen molar-refractivity contribution in [3.63, 3.8) is 0 Å². The Morgan fingerprint density at radius 2 is 1.95 bits per heavy atom. The van der Waals surface area contributed by atoms with E-state index in [-0.39, 0.29) is 12.0 Å². The molecule has 104 valence electrons. The largest absolute Gasteiger partial charge is 0.466 e. The molecule has 0 spiro atoms. The Labute approximate surface area is 120 Å². The van der Waals surface area contributed by atoms with Crippen LogP contribution in [0.3, 0.4) is 0 Å². The third kappa shape index (κ3) is 3.28. The molecular weight excluding hydrogens is 248 g/mol. The molecule has 0 aliphatic heterocycles.